The summed E-state index contributed by atoms with van der Waals surface area (Å²) < 4.78 is 5.30. The van der Waals surface area contributed by atoms with Crippen molar-refractivity contribution in [3.05, 3.63) is 72.3 Å². The fourth-order valence-corrected chi connectivity index (χ4v) is 2.35. The fraction of sp³-hybridized carbons (Fsp3) is 0.222. The molecule has 0 saturated heterocycles. The first kappa shape index (κ1) is 15.1. The Morgan fingerprint density at radius 1 is 1.09 bits per heavy atom. The minimum Gasteiger partial charge on any atom is -0.467 e. The number of hydrogen-bond acceptors (Lipinski definition) is 5. The average Bonchev–Trinajstić information content (AvgIpc) is 3.12. The molecule has 0 radical (unpaired) electrons. The number of nitrogens with zero attached hydrogens (tertiary/aromatic N) is 3. The summed E-state index contributed by atoms with van der Waals surface area (Å²) in [6, 6.07) is 16.1. The summed E-state index contributed by atoms with van der Waals surface area (Å²) in [6.45, 7) is 4.40. The first-order chi connectivity index (χ1) is 11.3. The molecule has 118 valence electrons. The van der Waals surface area contributed by atoms with Crippen LogP contribution in [0.15, 0.2) is 65.4 Å². The van der Waals surface area contributed by atoms with Crippen molar-refractivity contribution in [3.8, 4) is 0 Å². The molecule has 0 bridgehead atoms. The van der Waals surface area contributed by atoms with Crippen LogP contribution >= 0.6 is 0 Å². The molecule has 5 nitrogen and oxygen atoms in total. The van der Waals surface area contributed by atoms with E-state index in [9.17, 15) is 0 Å². The monoisotopic (exact) mass is 308 g/mol. The highest BCUT2D eigenvalue weighted by molar-refractivity contribution is 5.43. The van der Waals surface area contributed by atoms with Crippen molar-refractivity contribution < 1.29 is 4.42 Å². The summed E-state index contributed by atoms with van der Waals surface area (Å²) in [5, 5.41) is 3.19. The predicted molar refractivity (Wildman–Crippen MR) is 91.2 cm³/mol. The lowest BCUT2D eigenvalue weighted by Crippen LogP contribution is -2.23. The zero-order chi connectivity index (χ0) is 15.9. The summed E-state index contributed by atoms with van der Waals surface area (Å²) in [6.07, 6.45) is 3.44. The second-order valence-corrected chi connectivity index (χ2v) is 5.17. The highest BCUT2D eigenvalue weighted by atomic mass is 16.3. The summed E-state index contributed by atoms with van der Waals surface area (Å²) >= 11 is 0. The topological polar surface area (TPSA) is 54.2 Å². The van der Waals surface area contributed by atoms with Crippen LogP contribution in [0.1, 0.15) is 18.2 Å². The number of rotatable bonds is 7. The number of benzene rings is 1. The van der Waals surface area contributed by atoms with Gasteiger partial charge in [0.25, 0.3) is 0 Å². The molecule has 23 heavy (non-hydrogen) atoms. The Balaban J connectivity index is 1.69. The zero-order valence-electron chi connectivity index (χ0n) is 13.1. The molecular weight excluding hydrogens is 288 g/mol. The molecule has 2 aromatic heterocycles. The quantitative estimate of drug-likeness (QED) is 0.721. The molecule has 1 N–H and O–H groups in total. The van der Waals surface area contributed by atoms with Gasteiger partial charge in [-0.1, -0.05) is 30.3 Å². The van der Waals surface area contributed by atoms with E-state index in [-0.39, 0.29) is 0 Å². The summed E-state index contributed by atoms with van der Waals surface area (Å²) in [4.78, 5) is 11.1. The Labute approximate surface area is 136 Å². The molecule has 0 aliphatic rings. The molecule has 3 aromatic rings. The second kappa shape index (κ2) is 7.45. The predicted octanol–water partition coefficient (Wildman–Crippen LogP) is 3.71. The molecule has 0 fully saturated rings. The molecule has 0 saturated carbocycles. The van der Waals surface area contributed by atoms with E-state index in [1.165, 1.54) is 5.56 Å². The summed E-state index contributed by atoms with van der Waals surface area (Å²) in [5.74, 6) is 2.37. The highest BCUT2D eigenvalue weighted by Crippen LogP contribution is 2.16. The van der Waals surface area contributed by atoms with Gasteiger partial charge < -0.3 is 14.6 Å². The van der Waals surface area contributed by atoms with E-state index >= 15 is 0 Å². The van der Waals surface area contributed by atoms with Crippen LogP contribution in [-0.4, -0.2) is 16.5 Å². The Kier molecular flexibility index (Phi) is 4.88. The molecule has 0 aliphatic carbocycles. The number of nitrogens with one attached hydrogen (secondary N) is 1. The lowest BCUT2D eigenvalue weighted by Gasteiger charge is -2.22. The maximum absolute atomic E-state index is 5.30. The normalized spacial score (nSPS) is 10.5. The molecule has 2 heterocycles. The van der Waals surface area contributed by atoms with E-state index in [4.69, 9.17) is 4.42 Å². The first-order valence-corrected chi connectivity index (χ1v) is 7.73. The maximum Gasteiger partial charge on any atom is 0.224 e. The van der Waals surface area contributed by atoms with Crippen LogP contribution in [0.3, 0.4) is 0 Å². The van der Waals surface area contributed by atoms with E-state index in [1.807, 2.05) is 24.3 Å². The van der Waals surface area contributed by atoms with Crippen molar-refractivity contribution in [1.82, 2.24) is 9.97 Å². The van der Waals surface area contributed by atoms with Gasteiger partial charge in [-0.05, 0) is 30.7 Å². The molecule has 5 heteroatoms. The van der Waals surface area contributed by atoms with Crippen molar-refractivity contribution >= 4 is 11.8 Å². The molecule has 0 unspecified atom stereocenters. The standard InChI is InChI=1S/C18H20N4O/c1-2-22(14-15-7-4-3-5-8-15)17-10-11-19-18(21-17)20-13-16-9-6-12-23-16/h3-12H,2,13-14H2,1H3,(H,19,20,21). The van der Waals surface area contributed by atoms with Gasteiger partial charge in [0.05, 0.1) is 12.8 Å². The lowest BCUT2D eigenvalue weighted by atomic mass is 10.2. The Hall–Kier alpha value is -2.82. The van der Waals surface area contributed by atoms with Gasteiger partial charge >= 0.3 is 0 Å². The summed E-state index contributed by atoms with van der Waals surface area (Å²) in [5.41, 5.74) is 1.26. The van der Waals surface area contributed by atoms with Gasteiger partial charge in [-0.2, -0.15) is 4.98 Å². The van der Waals surface area contributed by atoms with E-state index in [0.29, 0.717) is 12.5 Å². The van der Waals surface area contributed by atoms with Crippen molar-refractivity contribution in [1.29, 1.82) is 0 Å². The van der Waals surface area contributed by atoms with Gasteiger partial charge in [-0.15, -0.1) is 0 Å². The van der Waals surface area contributed by atoms with E-state index in [0.717, 1.165) is 24.7 Å². The third-order valence-corrected chi connectivity index (χ3v) is 3.56. The van der Waals surface area contributed by atoms with Gasteiger partial charge in [-0.3, -0.25) is 0 Å². The SMILES string of the molecule is CCN(Cc1ccccc1)c1ccnc(NCc2ccco2)n1. The van der Waals surface area contributed by atoms with E-state index in [2.05, 4.69) is 51.4 Å². The van der Waals surface area contributed by atoms with Crippen molar-refractivity contribution in [2.75, 3.05) is 16.8 Å². The summed E-state index contributed by atoms with van der Waals surface area (Å²) in [7, 11) is 0. The minimum atomic E-state index is 0.571. The van der Waals surface area contributed by atoms with E-state index in [1.54, 1.807) is 12.5 Å². The molecule has 0 amide bonds. The second-order valence-electron chi connectivity index (χ2n) is 5.17. The average molecular weight is 308 g/mol. The highest BCUT2D eigenvalue weighted by Gasteiger charge is 2.08. The number of aromatic nitrogens is 2. The molecular formula is C18H20N4O. The first-order valence-electron chi connectivity index (χ1n) is 7.73. The number of anilines is 2. The van der Waals surface area contributed by atoms with Crippen LogP contribution in [-0.2, 0) is 13.1 Å². The van der Waals surface area contributed by atoms with Gasteiger partial charge in [0.15, 0.2) is 0 Å². The van der Waals surface area contributed by atoms with Gasteiger partial charge in [-0.25, -0.2) is 4.98 Å². The smallest absolute Gasteiger partial charge is 0.224 e. The number of hydrogen-bond donors (Lipinski definition) is 1. The minimum absolute atomic E-state index is 0.571. The van der Waals surface area contributed by atoms with Crippen molar-refractivity contribution in [2.45, 2.75) is 20.0 Å². The van der Waals surface area contributed by atoms with Gasteiger partial charge in [0, 0.05) is 19.3 Å². The Morgan fingerprint density at radius 3 is 2.70 bits per heavy atom. The van der Waals surface area contributed by atoms with E-state index < -0.39 is 0 Å². The van der Waals surface area contributed by atoms with Crippen LogP contribution in [0.25, 0.3) is 0 Å². The third kappa shape index (κ3) is 4.10. The van der Waals surface area contributed by atoms with Crippen LogP contribution < -0.4 is 10.2 Å². The van der Waals surface area contributed by atoms with Crippen LogP contribution in [0.5, 0.6) is 0 Å². The van der Waals surface area contributed by atoms with Crippen LogP contribution in [0.4, 0.5) is 11.8 Å². The molecule has 0 atom stereocenters. The maximum atomic E-state index is 5.30. The Morgan fingerprint density at radius 2 is 1.96 bits per heavy atom. The Bertz CT molecular complexity index is 713. The van der Waals surface area contributed by atoms with Gasteiger partial charge in [0.1, 0.15) is 11.6 Å². The molecule has 3 rings (SSSR count). The number of furan rings is 1. The third-order valence-electron chi connectivity index (χ3n) is 3.56. The van der Waals surface area contributed by atoms with Crippen LogP contribution in [0, 0.1) is 0 Å². The molecule has 0 spiro atoms. The molecule has 0 aliphatic heterocycles. The lowest BCUT2D eigenvalue weighted by molar-refractivity contribution is 0.517. The fourth-order valence-electron chi connectivity index (χ4n) is 2.35. The van der Waals surface area contributed by atoms with Gasteiger partial charge in [0.2, 0.25) is 5.95 Å². The largest absolute Gasteiger partial charge is 0.467 e. The molecule has 1 aromatic carbocycles. The van der Waals surface area contributed by atoms with Crippen LogP contribution in [0.2, 0.25) is 0 Å². The van der Waals surface area contributed by atoms with Crippen molar-refractivity contribution in [3.63, 3.8) is 0 Å². The van der Waals surface area contributed by atoms with Crippen molar-refractivity contribution in [2.24, 2.45) is 0 Å². The zero-order valence-corrected chi connectivity index (χ0v) is 13.1.